The molecule has 0 atom stereocenters. The molecule has 0 aliphatic heterocycles. The van der Waals surface area contributed by atoms with Gasteiger partial charge in [0.25, 0.3) is 20.2 Å². The average Bonchev–Trinajstić information content (AvgIpc) is 2.45. The zero-order valence-electron chi connectivity index (χ0n) is 12.7. The van der Waals surface area contributed by atoms with Crippen LogP contribution in [-0.4, -0.2) is 25.9 Å². The van der Waals surface area contributed by atoms with E-state index in [9.17, 15) is 16.8 Å². The highest BCUT2D eigenvalue weighted by Crippen LogP contribution is 2.28. The quantitative estimate of drug-likeness (QED) is 0.627. The molecule has 2 rings (SSSR count). The van der Waals surface area contributed by atoms with Crippen LogP contribution in [0.3, 0.4) is 0 Å². The third-order valence-corrected chi connectivity index (χ3v) is 4.92. The standard InChI is InChI=1S/C14H14N2O6S2/c1-9-3-5-11(23(17,18)19)7-13(9)15-16-14-8-12(24(20,21)22)6-4-10(14)2/h3-8H,1-2H3,(H,17,18,19)(H,20,21,22). The summed E-state index contributed by atoms with van der Waals surface area (Å²) in [7, 11) is -8.75. The van der Waals surface area contributed by atoms with Gasteiger partial charge in [-0.15, -0.1) is 0 Å². The van der Waals surface area contributed by atoms with Crippen LogP contribution >= 0.6 is 0 Å². The Balaban J connectivity index is 2.49. The van der Waals surface area contributed by atoms with E-state index in [-0.39, 0.29) is 21.2 Å². The molecular formula is C14H14N2O6S2. The highest BCUT2D eigenvalue weighted by atomic mass is 32.2. The molecule has 2 aromatic rings. The Bertz CT molecular complexity index is 944. The fourth-order valence-electron chi connectivity index (χ4n) is 1.82. The highest BCUT2D eigenvalue weighted by Gasteiger charge is 2.13. The minimum Gasteiger partial charge on any atom is -0.282 e. The predicted octanol–water partition coefficient (Wildman–Crippen LogP) is 3.21. The fourth-order valence-corrected chi connectivity index (χ4v) is 2.82. The monoisotopic (exact) mass is 370 g/mol. The van der Waals surface area contributed by atoms with E-state index >= 15 is 0 Å². The van der Waals surface area contributed by atoms with Crippen molar-refractivity contribution in [3.05, 3.63) is 47.5 Å². The second-order valence-electron chi connectivity index (χ2n) is 5.05. The van der Waals surface area contributed by atoms with Gasteiger partial charge >= 0.3 is 0 Å². The molecule has 0 fully saturated rings. The summed E-state index contributed by atoms with van der Waals surface area (Å²) in [5.41, 5.74) is 1.60. The summed E-state index contributed by atoms with van der Waals surface area (Å²) >= 11 is 0. The van der Waals surface area contributed by atoms with Crippen LogP contribution in [0.5, 0.6) is 0 Å². The Labute approximate surface area is 139 Å². The van der Waals surface area contributed by atoms with Gasteiger partial charge in [-0.05, 0) is 49.2 Å². The summed E-state index contributed by atoms with van der Waals surface area (Å²) in [6, 6.07) is 7.67. The first-order valence-corrected chi connectivity index (χ1v) is 9.44. The molecule has 0 saturated carbocycles. The van der Waals surface area contributed by atoms with E-state index < -0.39 is 20.2 Å². The van der Waals surface area contributed by atoms with Crippen molar-refractivity contribution in [2.24, 2.45) is 10.2 Å². The third-order valence-electron chi connectivity index (χ3n) is 3.22. The summed E-state index contributed by atoms with van der Waals surface area (Å²) in [4.78, 5) is -0.657. The summed E-state index contributed by atoms with van der Waals surface area (Å²) in [5, 5.41) is 7.81. The summed E-state index contributed by atoms with van der Waals surface area (Å²) in [6.07, 6.45) is 0. The second kappa shape index (κ2) is 6.40. The maximum Gasteiger partial charge on any atom is 0.294 e. The topological polar surface area (TPSA) is 133 Å². The van der Waals surface area contributed by atoms with Gasteiger partial charge in [-0.3, -0.25) is 9.11 Å². The Kier molecular flexibility index (Phi) is 4.85. The molecule has 10 heteroatoms. The smallest absolute Gasteiger partial charge is 0.282 e. The summed E-state index contributed by atoms with van der Waals surface area (Å²) in [6.45, 7) is 3.34. The fraction of sp³-hybridized carbons (Fsp3) is 0.143. The Morgan fingerprint density at radius 2 is 1.04 bits per heavy atom. The van der Waals surface area contributed by atoms with Gasteiger partial charge in [0.2, 0.25) is 0 Å². The van der Waals surface area contributed by atoms with Crippen LogP contribution in [0.2, 0.25) is 0 Å². The van der Waals surface area contributed by atoms with Crippen molar-refractivity contribution in [3.8, 4) is 0 Å². The average molecular weight is 370 g/mol. The molecule has 2 aromatic carbocycles. The lowest BCUT2D eigenvalue weighted by atomic mass is 10.2. The molecule has 24 heavy (non-hydrogen) atoms. The lowest BCUT2D eigenvalue weighted by molar-refractivity contribution is 0.481. The second-order valence-corrected chi connectivity index (χ2v) is 7.89. The first-order chi connectivity index (χ1) is 11.0. The van der Waals surface area contributed by atoms with Crippen LogP contribution in [0.25, 0.3) is 0 Å². The number of hydrogen-bond acceptors (Lipinski definition) is 6. The van der Waals surface area contributed by atoms with Gasteiger partial charge in [-0.25, -0.2) is 0 Å². The van der Waals surface area contributed by atoms with E-state index in [1.807, 2.05) is 0 Å². The molecule has 0 saturated heterocycles. The first-order valence-electron chi connectivity index (χ1n) is 6.56. The minimum atomic E-state index is -4.37. The van der Waals surface area contributed by atoms with Gasteiger partial charge in [0.1, 0.15) is 0 Å². The molecule has 0 aliphatic carbocycles. The summed E-state index contributed by atoms with van der Waals surface area (Å²) < 4.78 is 62.8. The first kappa shape index (κ1) is 18.2. The van der Waals surface area contributed by atoms with Crippen molar-refractivity contribution in [2.45, 2.75) is 23.6 Å². The van der Waals surface area contributed by atoms with E-state index in [0.29, 0.717) is 11.1 Å². The van der Waals surface area contributed by atoms with Gasteiger partial charge in [-0.1, -0.05) is 12.1 Å². The minimum absolute atomic E-state index is 0.196. The maximum absolute atomic E-state index is 11.2. The van der Waals surface area contributed by atoms with E-state index in [1.165, 1.54) is 24.3 Å². The molecule has 0 aliphatic rings. The lowest BCUT2D eigenvalue weighted by Crippen LogP contribution is -1.98. The van der Waals surface area contributed by atoms with E-state index in [4.69, 9.17) is 9.11 Å². The zero-order valence-corrected chi connectivity index (χ0v) is 14.3. The van der Waals surface area contributed by atoms with Crippen LogP contribution in [0.15, 0.2) is 56.4 Å². The molecule has 0 heterocycles. The Morgan fingerprint density at radius 1 is 0.708 bits per heavy atom. The number of rotatable bonds is 4. The van der Waals surface area contributed by atoms with E-state index in [1.54, 1.807) is 13.8 Å². The molecule has 0 aromatic heterocycles. The van der Waals surface area contributed by atoms with Crippen LogP contribution in [0, 0.1) is 13.8 Å². The molecule has 0 spiro atoms. The van der Waals surface area contributed by atoms with Crippen molar-refractivity contribution < 1.29 is 25.9 Å². The molecule has 0 unspecified atom stereocenters. The van der Waals surface area contributed by atoms with Crippen molar-refractivity contribution >= 4 is 31.6 Å². The van der Waals surface area contributed by atoms with Crippen LogP contribution in [0.4, 0.5) is 11.4 Å². The van der Waals surface area contributed by atoms with Crippen LogP contribution < -0.4 is 0 Å². The lowest BCUT2D eigenvalue weighted by Gasteiger charge is -2.04. The predicted molar refractivity (Wildman–Crippen MR) is 86.2 cm³/mol. The molecule has 128 valence electrons. The molecule has 8 nitrogen and oxygen atoms in total. The van der Waals surface area contributed by atoms with E-state index in [2.05, 4.69) is 10.2 Å². The SMILES string of the molecule is Cc1ccc(S(=O)(=O)O)cc1N=Nc1cc(S(=O)(=O)O)ccc1C. The van der Waals surface area contributed by atoms with Gasteiger partial charge in [0.15, 0.2) is 0 Å². The third kappa shape index (κ3) is 4.23. The van der Waals surface area contributed by atoms with Crippen molar-refractivity contribution in [2.75, 3.05) is 0 Å². The molecule has 0 bridgehead atoms. The van der Waals surface area contributed by atoms with Crippen LogP contribution in [-0.2, 0) is 20.2 Å². The Hall–Kier alpha value is -2.14. The highest BCUT2D eigenvalue weighted by molar-refractivity contribution is 7.86. The molecule has 0 amide bonds. The molecule has 2 N–H and O–H groups in total. The number of azo groups is 1. The number of hydrogen-bond donors (Lipinski definition) is 2. The van der Waals surface area contributed by atoms with Crippen molar-refractivity contribution in [3.63, 3.8) is 0 Å². The maximum atomic E-state index is 11.2. The van der Waals surface area contributed by atoms with Gasteiger partial charge in [0.05, 0.1) is 21.2 Å². The van der Waals surface area contributed by atoms with Gasteiger partial charge in [0, 0.05) is 0 Å². The molecular weight excluding hydrogens is 356 g/mol. The number of aryl methyl sites for hydroxylation is 2. The van der Waals surface area contributed by atoms with E-state index in [0.717, 1.165) is 12.1 Å². The zero-order chi connectivity index (χ0) is 18.1. The molecule has 0 radical (unpaired) electrons. The largest absolute Gasteiger partial charge is 0.294 e. The normalized spacial score (nSPS) is 12.7. The summed E-state index contributed by atoms with van der Waals surface area (Å²) in [5.74, 6) is 0. The number of nitrogens with zero attached hydrogens (tertiary/aromatic N) is 2. The van der Waals surface area contributed by atoms with Crippen LogP contribution in [0.1, 0.15) is 11.1 Å². The Morgan fingerprint density at radius 3 is 1.33 bits per heavy atom. The van der Waals surface area contributed by atoms with Gasteiger partial charge < -0.3 is 0 Å². The van der Waals surface area contributed by atoms with Crippen molar-refractivity contribution in [1.29, 1.82) is 0 Å². The van der Waals surface area contributed by atoms with Gasteiger partial charge in [-0.2, -0.15) is 27.1 Å². The van der Waals surface area contributed by atoms with Crippen molar-refractivity contribution in [1.82, 2.24) is 0 Å². The number of benzene rings is 2.